The third-order valence-corrected chi connectivity index (χ3v) is 2.81. The van der Waals surface area contributed by atoms with Crippen LogP contribution >= 0.6 is 0 Å². The van der Waals surface area contributed by atoms with Gasteiger partial charge in [0.25, 0.3) is 0 Å². The molecule has 0 radical (unpaired) electrons. The average Bonchev–Trinajstić information content (AvgIpc) is 2.69. The molecule has 100 valence electrons. The van der Waals surface area contributed by atoms with Crippen LogP contribution in [-0.2, 0) is 24.1 Å². The van der Waals surface area contributed by atoms with Crippen molar-refractivity contribution in [3.8, 4) is 0 Å². The quantitative estimate of drug-likeness (QED) is 0.766. The summed E-state index contributed by atoms with van der Waals surface area (Å²) in [4.78, 5) is 13.3. The molecule has 1 aliphatic heterocycles. The lowest BCUT2D eigenvalue weighted by molar-refractivity contribution is -0.148. The minimum atomic E-state index is -4.50. The highest BCUT2D eigenvalue weighted by Gasteiger charge is 2.39. The first-order valence-electron chi connectivity index (χ1n) is 5.58. The van der Waals surface area contributed by atoms with Crippen molar-refractivity contribution in [3.05, 3.63) is 11.6 Å². The van der Waals surface area contributed by atoms with Gasteiger partial charge in [-0.3, -0.25) is 4.79 Å². The van der Waals surface area contributed by atoms with E-state index in [0.717, 1.165) is 4.57 Å². The Balaban J connectivity index is 2.23. The smallest absolute Gasteiger partial charge is 0.333 e. The molecule has 1 aromatic rings. The van der Waals surface area contributed by atoms with Gasteiger partial charge in [0, 0.05) is 19.0 Å². The average molecular weight is 262 g/mol. The summed E-state index contributed by atoms with van der Waals surface area (Å²) in [6.45, 7) is 3.92. The second-order valence-electron chi connectivity index (χ2n) is 4.50. The van der Waals surface area contributed by atoms with Gasteiger partial charge >= 0.3 is 6.18 Å². The number of fused-ring (bicyclic) bond motifs is 1. The number of amides is 1. The molecule has 1 aliphatic rings. The van der Waals surface area contributed by atoms with E-state index in [1.807, 2.05) is 0 Å². The van der Waals surface area contributed by atoms with Gasteiger partial charge in [-0.1, -0.05) is 13.8 Å². The van der Waals surface area contributed by atoms with E-state index in [4.69, 9.17) is 0 Å². The van der Waals surface area contributed by atoms with Gasteiger partial charge in [-0.2, -0.15) is 13.2 Å². The van der Waals surface area contributed by atoms with E-state index in [1.165, 1.54) is 4.90 Å². The zero-order valence-electron chi connectivity index (χ0n) is 10.0. The number of alkyl halides is 3. The third kappa shape index (κ3) is 2.19. The van der Waals surface area contributed by atoms with E-state index in [0.29, 0.717) is 0 Å². The summed E-state index contributed by atoms with van der Waals surface area (Å²) in [5, 5.41) is 6.67. The van der Waals surface area contributed by atoms with Crippen molar-refractivity contribution < 1.29 is 18.0 Å². The van der Waals surface area contributed by atoms with Crippen molar-refractivity contribution in [2.24, 2.45) is 5.92 Å². The summed E-state index contributed by atoms with van der Waals surface area (Å²) >= 11 is 0. The number of hydrogen-bond acceptors (Lipinski definition) is 3. The van der Waals surface area contributed by atoms with Crippen molar-refractivity contribution in [1.82, 2.24) is 19.7 Å². The topological polar surface area (TPSA) is 51.0 Å². The number of carbonyl (C=O) groups is 1. The van der Waals surface area contributed by atoms with E-state index in [-0.39, 0.29) is 37.3 Å². The summed E-state index contributed by atoms with van der Waals surface area (Å²) in [5.41, 5.74) is 0. The molecule has 0 aliphatic carbocycles. The SMILES string of the molecule is CC(C)C(=O)N1CCn2c(nnc2C(F)(F)F)C1. The highest BCUT2D eigenvalue weighted by atomic mass is 19.4. The molecule has 1 amide bonds. The zero-order chi connectivity index (χ0) is 13.5. The van der Waals surface area contributed by atoms with Crippen LogP contribution in [0, 0.1) is 5.92 Å². The molecule has 0 fully saturated rings. The molecule has 0 spiro atoms. The Morgan fingerprint density at radius 1 is 1.28 bits per heavy atom. The fourth-order valence-electron chi connectivity index (χ4n) is 1.92. The molecule has 18 heavy (non-hydrogen) atoms. The van der Waals surface area contributed by atoms with Gasteiger partial charge in [0.15, 0.2) is 5.82 Å². The first-order valence-corrected chi connectivity index (χ1v) is 5.58. The maximum absolute atomic E-state index is 12.6. The lowest BCUT2D eigenvalue weighted by atomic mass is 10.2. The summed E-state index contributed by atoms with van der Waals surface area (Å²) in [7, 11) is 0. The summed E-state index contributed by atoms with van der Waals surface area (Å²) in [5.74, 6) is -1.07. The van der Waals surface area contributed by atoms with E-state index in [2.05, 4.69) is 10.2 Å². The van der Waals surface area contributed by atoms with Crippen LogP contribution in [0.25, 0.3) is 0 Å². The summed E-state index contributed by atoms with van der Waals surface area (Å²) in [6.07, 6.45) is -4.50. The molecule has 0 unspecified atom stereocenters. The molecular formula is C10H13F3N4O. The Hall–Kier alpha value is -1.60. The highest BCUT2D eigenvalue weighted by Crippen LogP contribution is 2.29. The van der Waals surface area contributed by atoms with Crippen LogP contribution in [0.3, 0.4) is 0 Å². The molecule has 2 rings (SSSR count). The zero-order valence-corrected chi connectivity index (χ0v) is 10.0. The number of rotatable bonds is 1. The predicted octanol–water partition coefficient (Wildman–Crippen LogP) is 1.30. The van der Waals surface area contributed by atoms with Crippen LogP contribution in [0.5, 0.6) is 0 Å². The predicted molar refractivity (Wildman–Crippen MR) is 55.3 cm³/mol. The Morgan fingerprint density at radius 2 is 1.94 bits per heavy atom. The van der Waals surface area contributed by atoms with Crippen molar-refractivity contribution in [1.29, 1.82) is 0 Å². The molecule has 8 heteroatoms. The maximum atomic E-state index is 12.6. The van der Waals surface area contributed by atoms with Crippen LogP contribution < -0.4 is 0 Å². The van der Waals surface area contributed by atoms with Gasteiger partial charge in [0.2, 0.25) is 11.7 Å². The molecule has 0 atom stereocenters. The Kier molecular flexibility index (Phi) is 3.04. The standard InChI is InChI=1S/C10H13F3N4O/c1-6(2)8(18)16-3-4-17-7(5-16)14-15-9(17)10(11,12)13/h6H,3-5H2,1-2H3. The van der Waals surface area contributed by atoms with Gasteiger partial charge in [-0.05, 0) is 0 Å². The van der Waals surface area contributed by atoms with Gasteiger partial charge in [0.05, 0.1) is 6.54 Å². The van der Waals surface area contributed by atoms with E-state index >= 15 is 0 Å². The number of nitrogens with zero attached hydrogens (tertiary/aromatic N) is 4. The molecule has 5 nitrogen and oxygen atoms in total. The molecule has 0 saturated carbocycles. The fourth-order valence-corrected chi connectivity index (χ4v) is 1.92. The lowest BCUT2D eigenvalue weighted by Gasteiger charge is -2.29. The van der Waals surface area contributed by atoms with Gasteiger partial charge in [-0.25, -0.2) is 0 Å². The summed E-state index contributed by atoms with van der Waals surface area (Å²) < 4.78 is 38.8. The van der Waals surface area contributed by atoms with Crippen molar-refractivity contribution >= 4 is 5.91 Å². The Bertz CT molecular complexity index is 466. The van der Waals surface area contributed by atoms with Gasteiger partial charge < -0.3 is 9.47 Å². The third-order valence-electron chi connectivity index (χ3n) is 2.81. The Morgan fingerprint density at radius 3 is 2.50 bits per heavy atom. The fraction of sp³-hybridized carbons (Fsp3) is 0.700. The molecule has 0 saturated heterocycles. The Labute approximate surface area is 102 Å². The second kappa shape index (κ2) is 4.25. The van der Waals surface area contributed by atoms with Crippen LogP contribution in [0.1, 0.15) is 25.5 Å². The van der Waals surface area contributed by atoms with Gasteiger partial charge in [0.1, 0.15) is 0 Å². The first kappa shape index (κ1) is 12.8. The minimum absolute atomic E-state index is 0.0790. The van der Waals surface area contributed by atoms with Crippen molar-refractivity contribution in [2.75, 3.05) is 6.54 Å². The monoisotopic (exact) mass is 262 g/mol. The van der Waals surface area contributed by atoms with Crippen LogP contribution in [-0.4, -0.2) is 32.1 Å². The minimum Gasteiger partial charge on any atom is -0.333 e. The van der Waals surface area contributed by atoms with Crippen molar-refractivity contribution in [3.63, 3.8) is 0 Å². The number of halogens is 3. The second-order valence-corrected chi connectivity index (χ2v) is 4.50. The normalized spacial score (nSPS) is 16.0. The number of aromatic nitrogens is 3. The largest absolute Gasteiger partial charge is 0.451 e. The highest BCUT2D eigenvalue weighted by molar-refractivity contribution is 5.78. The van der Waals surface area contributed by atoms with Crippen LogP contribution in [0.2, 0.25) is 0 Å². The van der Waals surface area contributed by atoms with Crippen LogP contribution in [0.4, 0.5) is 13.2 Å². The molecule has 0 aromatic carbocycles. The molecule has 2 heterocycles. The summed E-state index contributed by atoms with van der Waals surface area (Å²) in [6, 6.07) is 0. The molecule has 1 aromatic heterocycles. The molecule has 0 bridgehead atoms. The number of hydrogen-bond donors (Lipinski definition) is 0. The lowest BCUT2D eigenvalue weighted by Crippen LogP contribution is -2.41. The van der Waals surface area contributed by atoms with Crippen LogP contribution in [0.15, 0.2) is 0 Å². The number of carbonyl (C=O) groups excluding carboxylic acids is 1. The first-order chi connectivity index (χ1) is 8.30. The molecule has 0 N–H and O–H groups in total. The maximum Gasteiger partial charge on any atom is 0.451 e. The van der Waals surface area contributed by atoms with Crippen molar-refractivity contribution in [2.45, 2.75) is 33.1 Å². The van der Waals surface area contributed by atoms with E-state index in [9.17, 15) is 18.0 Å². The van der Waals surface area contributed by atoms with E-state index in [1.54, 1.807) is 13.8 Å². The van der Waals surface area contributed by atoms with E-state index < -0.39 is 12.0 Å². The molecular weight excluding hydrogens is 249 g/mol. The van der Waals surface area contributed by atoms with Gasteiger partial charge in [-0.15, -0.1) is 10.2 Å².